The van der Waals surface area contributed by atoms with Crippen molar-refractivity contribution in [1.29, 1.82) is 0 Å². The molecule has 0 spiro atoms. The molecule has 0 aliphatic rings. The van der Waals surface area contributed by atoms with Crippen LogP contribution in [0.5, 0.6) is 0 Å². The first-order valence-electron chi connectivity index (χ1n) is 0.628. The van der Waals surface area contributed by atoms with Gasteiger partial charge in [-0.3, -0.25) is 0 Å². The normalized spacial score (nSPS) is 13.5. The smallest absolute Gasteiger partial charge is 0.0133 e. The Kier molecular flexibility index (Phi) is 6.04. The lowest BCUT2D eigenvalue weighted by Crippen LogP contribution is -0.806. The van der Waals surface area contributed by atoms with Crippen molar-refractivity contribution in [1.82, 2.24) is 0 Å². The van der Waals surface area contributed by atoms with Gasteiger partial charge in [0, 0.05) is 15.2 Å². The molecule has 0 nitrogen and oxygen atoms in total. The molecule has 0 saturated carbocycles. The van der Waals surface area contributed by atoms with Crippen molar-refractivity contribution in [2.24, 2.45) is 0 Å². The van der Waals surface area contributed by atoms with Gasteiger partial charge in [0.05, 0.1) is 0 Å². The fourth-order valence-corrected chi connectivity index (χ4v) is 0. The van der Waals surface area contributed by atoms with Gasteiger partial charge in [-0.25, -0.2) is 0 Å². The van der Waals surface area contributed by atoms with Gasteiger partial charge in [0.25, 0.3) is 0 Å². The van der Waals surface area contributed by atoms with E-state index >= 15 is 0 Å². The molecular formula is H2Cl2P2. The summed E-state index contributed by atoms with van der Waals surface area (Å²) in [5.74, 6) is 0. The molecule has 0 aliphatic heterocycles. The van der Waals surface area contributed by atoms with Crippen LogP contribution in [-0.2, 0) is 0 Å². The Hall–Kier alpha value is 1.44. The summed E-state index contributed by atoms with van der Waals surface area (Å²) in [6, 6.07) is 0. The van der Waals surface area contributed by atoms with Gasteiger partial charge < -0.3 is 0 Å². The second-order valence-electron chi connectivity index (χ2n) is 0.189. The van der Waals surface area contributed by atoms with Gasteiger partial charge >= 0.3 is 0 Å². The predicted molar refractivity (Wildman–Crippen MR) is 28.3 cm³/mol. The van der Waals surface area contributed by atoms with E-state index in [9.17, 15) is 0 Å². The van der Waals surface area contributed by atoms with Gasteiger partial charge in [-0.05, 0) is 0 Å². The van der Waals surface area contributed by atoms with Crippen LogP contribution in [0.25, 0.3) is 0 Å². The van der Waals surface area contributed by atoms with Gasteiger partial charge in [0.1, 0.15) is 0 Å². The maximum absolute atomic E-state index is 5.09. The highest BCUT2D eigenvalue weighted by atomic mass is 35.7. The highest BCUT2D eigenvalue weighted by Gasteiger charge is 1.60. The molecule has 0 aliphatic carbocycles. The molecule has 0 saturated heterocycles. The van der Waals surface area contributed by atoms with Crippen molar-refractivity contribution in [3.05, 3.63) is 0 Å². The second kappa shape index (κ2) is 4.44. The monoisotopic (exact) mass is 134 g/mol. The van der Waals surface area contributed by atoms with Gasteiger partial charge in [0.15, 0.2) is 0 Å². The Labute approximate surface area is 38.3 Å². The predicted octanol–water partition coefficient (Wildman–Crippen LogP) is 2.57. The van der Waals surface area contributed by atoms with Crippen molar-refractivity contribution in [2.45, 2.75) is 0 Å². The summed E-state index contributed by atoms with van der Waals surface area (Å²) in [6.45, 7) is 0. The van der Waals surface area contributed by atoms with Crippen LogP contribution in [0.1, 0.15) is 0 Å². The molecule has 0 rings (SSSR count). The van der Waals surface area contributed by atoms with Crippen LogP contribution in [-0.4, -0.2) is 0 Å². The summed E-state index contributed by atoms with van der Waals surface area (Å²) in [5.41, 5.74) is 0. The number of hydrogen-bond donors (Lipinski definition) is 0. The fourth-order valence-electron chi connectivity index (χ4n) is 0. The Balaban J connectivity index is 1.97. The standard InChI is InChI=1S/Cl2H2P2/c1-3-4-2/h3-4H. The van der Waals surface area contributed by atoms with Crippen LogP contribution in [0.4, 0.5) is 0 Å². The summed E-state index contributed by atoms with van der Waals surface area (Å²) in [6.07, 6.45) is 0. The zero-order chi connectivity index (χ0) is 3.41. The molecule has 4 heteroatoms. The van der Waals surface area contributed by atoms with Gasteiger partial charge in [-0.15, -0.1) is 0 Å². The Bertz CT molecular complexity index is 6.00. The molecule has 0 N–H and O–H groups in total. The molecule has 26 valence electrons. The zero-order valence-corrected chi connectivity index (χ0v) is 5.27. The Morgan fingerprint density at radius 2 is 1.25 bits per heavy atom. The third kappa shape index (κ3) is 3.44. The fraction of sp³-hybridized carbons (Fsp3) is 0. The summed E-state index contributed by atoms with van der Waals surface area (Å²) in [4.78, 5) is 0. The molecule has 0 aromatic rings. The SMILES string of the molecule is ClPPCl. The maximum atomic E-state index is 5.09. The van der Waals surface area contributed by atoms with Crippen molar-refractivity contribution < 1.29 is 0 Å². The van der Waals surface area contributed by atoms with Crippen molar-refractivity contribution >= 4 is 37.7 Å². The largest absolute Gasteiger partial charge is 0.0940 e. The van der Waals surface area contributed by atoms with E-state index in [4.69, 9.17) is 22.5 Å². The molecule has 2 atom stereocenters. The summed E-state index contributed by atoms with van der Waals surface area (Å²) in [7, 11) is 0.812. The van der Waals surface area contributed by atoms with E-state index in [2.05, 4.69) is 0 Å². The average molecular weight is 135 g/mol. The first-order chi connectivity index (χ1) is 1.91. The Morgan fingerprint density at radius 1 is 1.00 bits per heavy atom. The van der Waals surface area contributed by atoms with Gasteiger partial charge in [0.2, 0.25) is 0 Å². The van der Waals surface area contributed by atoms with E-state index in [1.54, 1.807) is 0 Å². The van der Waals surface area contributed by atoms with Gasteiger partial charge in [-0.2, -0.15) is 0 Å². The number of rotatable bonds is 1. The molecule has 4 heavy (non-hydrogen) atoms. The van der Waals surface area contributed by atoms with Crippen LogP contribution in [0, 0.1) is 0 Å². The first kappa shape index (κ1) is 5.44. The highest BCUT2D eigenvalue weighted by Crippen LogP contribution is 2.44. The third-order valence-electron chi connectivity index (χ3n) is 0.0357. The quantitative estimate of drug-likeness (QED) is 0.484. The van der Waals surface area contributed by atoms with E-state index in [0.29, 0.717) is 15.2 Å². The molecule has 0 radical (unpaired) electrons. The number of hydrogen-bond acceptors (Lipinski definition) is 0. The molecule has 0 bridgehead atoms. The molecule has 0 heterocycles. The van der Waals surface area contributed by atoms with Crippen molar-refractivity contribution in [3.8, 4) is 0 Å². The van der Waals surface area contributed by atoms with Gasteiger partial charge in [-0.1, -0.05) is 22.5 Å². The van der Waals surface area contributed by atoms with Crippen LogP contribution in [0.3, 0.4) is 0 Å². The maximum Gasteiger partial charge on any atom is 0.0133 e. The first-order valence-corrected chi connectivity index (χ1v) is 5.65. The van der Waals surface area contributed by atoms with Crippen molar-refractivity contribution in [2.75, 3.05) is 0 Å². The highest BCUT2D eigenvalue weighted by molar-refractivity contribution is 8.33. The third-order valence-corrected chi connectivity index (χ3v) is 2.89. The molecule has 0 aromatic carbocycles. The lowest BCUT2D eigenvalue weighted by Gasteiger charge is -1.63. The summed E-state index contributed by atoms with van der Waals surface area (Å²) in [5, 5.41) is 0. The van der Waals surface area contributed by atoms with Crippen LogP contribution < -0.4 is 0 Å². The van der Waals surface area contributed by atoms with E-state index in [1.807, 2.05) is 0 Å². The molecule has 2 unspecified atom stereocenters. The molecule has 0 aromatic heterocycles. The topological polar surface area (TPSA) is 0 Å². The summed E-state index contributed by atoms with van der Waals surface area (Å²) >= 11 is 10.2. The number of halogens is 2. The van der Waals surface area contributed by atoms with Crippen LogP contribution >= 0.6 is 37.7 Å². The minimum absolute atomic E-state index is 0.406. The van der Waals surface area contributed by atoms with Crippen LogP contribution in [0.2, 0.25) is 0 Å². The van der Waals surface area contributed by atoms with Crippen LogP contribution in [0.15, 0.2) is 0 Å². The zero-order valence-electron chi connectivity index (χ0n) is 1.76. The average Bonchev–Trinajstić information content (AvgIpc) is 1.37. The van der Waals surface area contributed by atoms with E-state index in [1.165, 1.54) is 0 Å². The molecular weight excluding hydrogens is 133 g/mol. The second-order valence-corrected chi connectivity index (χ2v) is 5.10. The van der Waals surface area contributed by atoms with E-state index < -0.39 is 0 Å². The lowest BCUT2D eigenvalue weighted by molar-refractivity contribution is 4.89. The molecule has 0 fully saturated rings. The van der Waals surface area contributed by atoms with Crippen molar-refractivity contribution in [3.63, 3.8) is 0 Å². The minimum Gasteiger partial charge on any atom is -0.0940 e. The lowest BCUT2D eigenvalue weighted by atomic mass is 29.8. The summed E-state index contributed by atoms with van der Waals surface area (Å²) < 4.78 is 0. The van der Waals surface area contributed by atoms with E-state index in [-0.39, 0.29) is 0 Å². The van der Waals surface area contributed by atoms with E-state index in [0.717, 1.165) is 0 Å². The minimum atomic E-state index is 0.406. The molecule has 0 amide bonds. The Morgan fingerprint density at radius 3 is 1.25 bits per heavy atom.